The maximum Gasteiger partial charge on any atom is 0.378 e. The van der Waals surface area contributed by atoms with E-state index in [1.54, 1.807) is 0 Å². The van der Waals surface area contributed by atoms with Crippen molar-refractivity contribution in [3.8, 4) is 0 Å². The van der Waals surface area contributed by atoms with Gasteiger partial charge in [-0.05, 0) is 13.8 Å². The van der Waals surface area contributed by atoms with Crippen molar-refractivity contribution in [2.75, 3.05) is 7.11 Å². The van der Waals surface area contributed by atoms with Crippen molar-refractivity contribution in [3.05, 3.63) is 6.61 Å². The van der Waals surface area contributed by atoms with Crippen LogP contribution in [0.2, 0.25) is 0 Å². The molecule has 14 heteroatoms. The molecule has 0 aromatic rings. The Labute approximate surface area is 104 Å². The maximum atomic E-state index is 11.2. The van der Waals surface area contributed by atoms with E-state index in [2.05, 4.69) is 0 Å². The monoisotopic (exact) mass is 1680 g/mol. The van der Waals surface area contributed by atoms with Crippen LogP contribution in [-0.4, -0.2) is 45.7 Å². The van der Waals surface area contributed by atoms with E-state index in [9.17, 15) is 17.6 Å². The second-order valence-corrected chi connectivity index (χ2v) is 2.35. The Bertz CT molecular complexity index is 152. The van der Waals surface area contributed by atoms with Gasteiger partial charge < -0.3 is 20.4 Å². The van der Waals surface area contributed by atoms with E-state index in [0.29, 0.717) is 6.92 Å². The first-order valence-corrected chi connectivity index (χ1v) is 3.60. The van der Waals surface area contributed by atoms with Crippen molar-refractivity contribution in [3.63, 3.8) is 0 Å². The fraction of sp³-hybridized carbons (Fsp3) is 0.857. The summed E-state index contributed by atoms with van der Waals surface area (Å²) in [5.74, 6) is -3.03. The van der Waals surface area contributed by atoms with Crippen molar-refractivity contribution < 1.29 is 57.5 Å². The second-order valence-electron chi connectivity index (χ2n) is 2.35. The van der Waals surface area contributed by atoms with Crippen molar-refractivity contribution in [1.29, 1.82) is 0 Å². The Kier molecular flexibility index (Phi) is 84.1. The molecule has 0 bridgehead atoms. The standard InChI is InChI=1S/C3H6F2O2.C3H5F2O.CH4O.5Rf.Rh/c1-2(6)3(4,5)7;1-3(4,5)2-6;1-2;;;;;;/h2,6-7H,1H3;2,6H,1H3;2H,1H3;;;;;;/q;-1;;;;;;;. The van der Waals surface area contributed by atoms with Crippen LogP contribution in [0, 0.1) is 6.61 Å². The van der Waals surface area contributed by atoms with Gasteiger partial charge in [0.05, 0.1) is 0 Å². The van der Waals surface area contributed by atoms with Gasteiger partial charge in [-0.25, -0.2) is 8.78 Å². The van der Waals surface area contributed by atoms with E-state index in [1.807, 2.05) is 0 Å². The van der Waals surface area contributed by atoms with Crippen molar-refractivity contribution in [2.45, 2.75) is 32.0 Å². The number of aliphatic hydroxyl groups excluding tert-OH is 3. The molecule has 0 saturated carbocycles. The molecule has 0 aliphatic rings. The van der Waals surface area contributed by atoms with Gasteiger partial charge in [-0.3, -0.25) is 0 Å². The third-order valence-electron chi connectivity index (χ3n) is 0.729. The van der Waals surface area contributed by atoms with Crippen LogP contribution in [0.15, 0.2) is 0 Å². The molecule has 0 aliphatic heterocycles. The summed E-state index contributed by atoms with van der Waals surface area (Å²) in [4.78, 5) is 0. The number of hydrogen-bond acceptors (Lipinski definition) is 4. The zero-order valence-electron chi connectivity index (χ0n) is 12.3. The minimum Gasteiger partial charge on any atom is -0.560 e. The van der Waals surface area contributed by atoms with Crippen LogP contribution >= 0.6 is 0 Å². The zero-order valence-corrected chi connectivity index (χ0v) is 46.0. The zero-order chi connectivity index (χ0) is 13.3. The minimum absolute atomic E-state index is 0. The summed E-state index contributed by atoms with van der Waals surface area (Å²) in [5.41, 5.74) is 0. The first-order valence-electron chi connectivity index (χ1n) is 3.60. The molecule has 0 amide bonds. The van der Waals surface area contributed by atoms with Crippen LogP contribution in [0.1, 0.15) is 13.8 Å². The predicted molar refractivity (Wildman–Crippen MR) is 43.8 cm³/mol. The predicted octanol–water partition coefficient (Wildman–Crippen LogP) is 0.734. The average molecular weight is 1680 g/mol. The summed E-state index contributed by atoms with van der Waals surface area (Å²) in [6.45, 7) is 1.26. The molecule has 1 radical (unpaired) electrons. The molecule has 1 unspecified atom stereocenters. The van der Waals surface area contributed by atoms with Gasteiger partial charge in [0.15, 0.2) is 5.92 Å². The summed E-state index contributed by atoms with van der Waals surface area (Å²) >= 11 is 0. The molecule has 0 fully saturated rings. The van der Waals surface area contributed by atoms with E-state index in [0.717, 1.165) is 14.0 Å². The van der Waals surface area contributed by atoms with Crippen LogP contribution in [0.5, 0.6) is 0 Å². The number of rotatable bonds is 2. The summed E-state index contributed by atoms with van der Waals surface area (Å²) in [6, 6.07) is 0. The Morgan fingerprint density at radius 3 is 1.00 bits per heavy atom. The molecule has 4 N–H and O–H groups in total. The van der Waals surface area contributed by atoms with Gasteiger partial charge >= 0.3 is 6.11 Å². The van der Waals surface area contributed by atoms with Crippen LogP contribution < -0.4 is 0 Å². The summed E-state index contributed by atoms with van der Waals surface area (Å²) in [6.07, 6.45) is -5.92. The average Bonchev–Trinajstić information content (AvgIpc) is 2.06. The van der Waals surface area contributed by atoms with Crippen LogP contribution in [0.3, 0.4) is 0 Å². The van der Waals surface area contributed by atoms with Crippen LogP contribution in [-0.2, 0) is 19.5 Å². The fourth-order valence-electron chi connectivity index (χ4n) is 0. The summed E-state index contributed by atoms with van der Waals surface area (Å²) in [5, 5.41) is 29.9. The van der Waals surface area contributed by atoms with Crippen molar-refractivity contribution in [1.82, 2.24) is 0 Å². The van der Waals surface area contributed by atoms with Crippen LogP contribution in [0.4, 0.5) is 17.6 Å². The van der Waals surface area contributed by atoms with Crippen molar-refractivity contribution >= 4 is 0 Å². The molecule has 115 valence electrons. The van der Waals surface area contributed by atoms with Gasteiger partial charge in [-0.2, -0.15) is 8.78 Å². The summed E-state index contributed by atoms with van der Waals surface area (Å²) < 4.78 is 44.6. The topological polar surface area (TPSA) is 80.9 Å². The smallest absolute Gasteiger partial charge is 0.378 e. The molecule has 0 saturated heterocycles. The molecule has 21 heavy (non-hydrogen) atoms. The Hall–Kier alpha value is -4.82. The number of alkyl halides is 4. The largest absolute Gasteiger partial charge is 0.560 e. The first kappa shape index (κ1) is 72.3. The van der Waals surface area contributed by atoms with Gasteiger partial charge in [0, 0.05) is 26.6 Å². The van der Waals surface area contributed by atoms with Gasteiger partial charge in [0.25, 0.3) is 0 Å². The van der Waals surface area contributed by atoms with E-state index in [-0.39, 0.29) is 26.1 Å². The Morgan fingerprint density at radius 1 is 0.905 bits per heavy atom. The second kappa shape index (κ2) is 24.4. The molecule has 4 nitrogen and oxygen atoms in total. The van der Waals surface area contributed by atoms with Gasteiger partial charge in [-0.15, -0.1) is 6.61 Å². The van der Waals surface area contributed by atoms with Crippen molar-refractivity contribution in [2.24, 2.45) is 0 Å². The molecule has 0 aromatic heterocycles. The summed E-state index contributed by atoms with van der Waals surface area (Å²) in [7, 11) is 1.00. The van der Waals surface area contributed by atoms with E-state index < -0.39 is 18.1 Å². The molecule has 0 heterocycles. The normalized spacial score (nSPS) is 9.29. The minimum atomic E-state index is -3.94. The Morgan fingerprint density at radius 2 is 1.00 bits per heavy atom. The fourth-order valence-corrected chi connectivity index (χ4v) is 0. The van der Waals surface area contributed by atoms with E-state index in [4.69, 9.17) is 20.4 Å². The SMILES string of the molecule is CC(F)(F)[CH-]O.CC(O)C(O)(F)F.CO.[Rf].[Rf].[Rf].[Rf].[Rf].[Rh]. The Balaban J connectivity index is -0.0000000140. The van der Waals surface area contributed by atoms with Gasteiger partial charge in [-0.1, -0.05) is 0 Å². The number of aliphatic hydroxyl groups is 4. The van der Waals surface area contributed by atoms with E-state index in [1.165, 1.54) is 0 Å². The number of hydrogen-bond donors (Lipinski definition) is 4. The molecule has 0 aliphatic carbocycles. The molecule has 0 spiro atoms. The third-order valence-corrected chi connectivity index (χ3v) is 0.729. The first-order chi connectivity index (χ1) is 6.50. The molecule has 0 rings (SSSR count). The van der Waals surface area contributed by atoms with Gasteiger partial charge in [0.2, 0.25) is 0 Å². The molecule has 1 atom stereocenters. The maximum absolute atomic E-state index is 11.2. The van der Waals surface area contributed by atoms with Gasteiger partial charge in [0.1, 0.15) is 6.10 Å². The number of halogens is 4. The molecular weight excluding hydrogens is 1660 g/mol. The third kappa shape index (κ3) is 151. The molecule has 0 aromatic carbocycles. The quantitative estimate of drug-likeness (QED) is 0.187. The van der Waals surface area contributed by atoms with E-state index >= 15 is 0 Å². The van der Waals surface area contributed by atoms with Crippen LogP contribution in [0.25, 0.3) is 0 Å². The molecular formula is C7H15F4O4Rf5Rh-.